The van der Waals surface area contributed by atoms with Crippen molar-refractivity contribution in [1.82, 2.24) is 19.9 Å². The predicted octanol–water partition coefficient (Wildman–Crippen LogP) is 2.41. The molecule has 23 heavy (non-hydrogen) atoms. The molecule has 0 aromatic carbocycles. The molecule has 1 fully saturated rings. The SMILES string of the molecule is CN(C)c1ncncc1NC(=O)N1CCCC(c2nccs2)C1. The van der Waals surface area contributed by atoms with Crippen LogP contribution in [0.15, 0.2) is 24.1 Å². The van der Waals surface area contributed by atoms with Crippen molar-refractivity contribution >= 4 is 28.9 Å². The lowest BCUT2D eigenvalue weighted by Crippen LogP contribution is -2.41. The molecule has 1 unspecified atom stereocenters. The first kappa shape index (κ1) is 15.7. The summed E-state index contributed by atoms with van der Waals surface area (Å²) in [5, 5.41) is 6.03. The maximum atomic E-state index is 12.6. The van der Waals surface area contributed by atoms with Gasteiger partial charge in [-0.25, -0.2) is 19.7 Å². The largest absolute Gasteiger partial charge is 0.361 e. The van der Waals surface area contributed by atoms with E-state index in [1.165, 1.54) is 6.33 Å². The number of carbonyl (C=O) groups is 1. The van der Waals surface area contributed by atoms with E-state index in [0.29, 0.717) is 24.0 Å². The van der Waals surface area contributed by atoms with Gasteiger partial charge in [-0.1, -0.05) is 0 Å². The van der Waals surface area contributed by atoms with Crippen LogP contribution in [0.1, 0.15) is 23.8 Å². The van der Waals surface area contributed by atoms with Crippen LogP contribution >= 0.6 is 11.3 Å². The molecule has 0 radical (unpaired) electrons. The third-order valence-corrected chi connectivity index (χ3v) is 4.80. The number of anilines is 2. The van der Waals surface area contributed by atoms with Gasteiger partial charge in [0.1, 0.15) is 12.0 Å². The number of thiazole rings is 1. The van der Waals surface area contributed by atoms with Gasteiger partial charge in [-0.2, -0.15) is 0 Å². The molecule has 8 heteroatoms. The van der Waals surface area contributed by atoms with Crippen LogP contribution in [0.5, 0.6) is 0 Å². The quantitative estimate of drug-likeness (QED) is 0.934. The number of amides is 2. The molecule has 122 valence electrons. The molecule has 3 heterocycles. The second kappa shape index (κ2) is 6.91. The third-order valence-electron chi connectivity index (χ3n) is 3.87. The lowest BCUT2D eigenvalue weighted by molar-refractivity contribution is 0.192. The number of rotatable bonds is 3. The zero-order valence-electron chi connectivity index (χ0n) is 13.3. The molecule has 0 bridgehead atoms. The van der Waals surface area contributed by atoms with E-state index in [-0.39, 0.29) is 6.03 Å². The van der Waals surface area contributed by atoms with Gasteiger partial charge in [0.05, 0.1) is 11.2 Å². The number of nitrogens with one attached hydrogen (secondary N) is 1. The summed E-state index contributed by atoms with van der Waals surface area (Å²) in [6.07, 6.45) is 6.99. The maximum absolute atomic E-state index is 12.6. The average Bonchev–Trinajstić information content (AvgIpc) is 3.10. The highest BCUT2D eigenvalue weighted by Crippen LogP contribution is 2.29. The predicted molar refractivity (Wildman–Crippen MR) is 91.0 cm³/mol. The Kier molecular flexibility index (Phi) is 4.71. The van der Waals surface area contributed by atoms with Gasteiger partial charge in [0, 0.05) is 44.7 Å². The molecule has 7 nitrogen and oxygen atoms in total. The van der Waals surface area contributed by atoms with E-state index in [1.54, 1.807) is 17.5 Å². The average molecular weight is 332 g/mol. The van der Waals surface area contributed by atoms with Crippen LogP contribution < -0.4 is 10.2 Å². The van der Waals surface area contributed by atoms with Crippen molar-refractivity contribution in [2.75, 3.05) is 37.4 Å². The standard InChI is InChI=1S/C15H20N6OS/c1-20(2)13-12(8-16-10-18-13)19-15(22)21-6-3-4-11(9-21)14-17-5-7-23-14/h5,7-8,10-11H,3-4,6,9H2,1-2H3,(H,19,22). The van der Waals surface area contributed by atoms with Crippen LogP contribution in [-0.2, 0) is 0 Å². The molecule has 2 aromatic heterocycles. The topological polar surface area (TPSA) is 74.2 Å². The van der Waals surface area contributed by atoms with E-state index >= 15 is 0 Å². The van der Waals surface area contributed by atoms with Crippen LogP contribution in [0.2, 0.25) is 0 Å². The minimum atomic E-state index is -0.107. The molecule has 3 rings (SSSR count). The molecule has 1 saturated heterocycles. The molecule has 0 spiro atoms. The lowest BCUT2D eigenvalue weighted by Gasteiger charge is -2.32. The van der Waals surface area contributed by atoms with Gasteiger partial charge in [0.25, 0.3) is 0 Å². The zero-order chi connectivity index (χ0) is 16.2. The third kappa shape index (κ3) is 3.58. The molecule has 2 amide bonds. The summed E-state index contributed by atoms with van der Waals surface area (Å²) >= 11 is 1.66. The Morgan fingerprint density at radius 2 is 2.30 bits per heavy atom. The first-order chi connectivity index (χ1) is 11.1. The molecule has 2 aromatic rings. The maximum Gasteiger partial charge on any atom is 0.322 e. The lowest BCUT2D eigenvalue weighted by atomic mass is 9.99. The highest BCUT2D eigenvalue weighted by Gasteiger charge is 2.26. The smallest absolute Gasteiger partial charge is 0.322 e. The monoisotopic (exact) mass is 332 g/mol. The zero-order valence-corrected chi connectivity index (χ0v) is 14.1. The first-order valence-electron chi connectivity index (χ1n) is 7.58. The summed E-state index contributed by atoms with van der Waals surface area (Å²) in [6, 6.07) is -0.107. The fraction of sp³-hybridized carbons (Fsp3) is 0.467. The fourth-order valence-corrected chi connectivity index (χ4v) is 3.53. The number of piperidine rings is 1. The second-order valence-corrected chi connectivity index (χ2v) is 6.67. The Hall–Kier alpha value is -2.22. The van der Waals surface area contributed by atoms with Gasteiger partial charge in [-0.05, 0) is 12.8 Å². The van der Waals surface area contributed by atoms with Crippen LogP contribution in [0.4, 0.5) is 16.3 Å². The number of carbonyl (C=O) groups excluding carboxylic acids is 1. The number of nitrogens with zero attached hydrogens (tertiary/aromatic N) is 5. The summed E-state index contributed by atoms with van der Waals surface area (Å²) in [4.78, 5) is 28.9. The van der Waals surface area contributed by atoms with Crippen molar-refractivity contribution in [2.45, 2.75) is 18.8 Å². The second-order valence-electron chi connectivity index (χ2n) is 5.74. The van der Waals surface area contributed by atoms with Crippen molar-refractivity contribution in [1.29, 1.82) is 0 Å². The number of urea groups is 1. The molecule has 0 aliphatic carbocycles. The van der Waals surface area contributed by atoms with Gasteiger partial charge < -0.3 is 15.1 Å². The van der Waals surface area contributed by atoms with E-state index in [0.717, 1.165) is 24.4 Å². The van der Waals surface area contributed by atoms with E-state index in [9.17, 15) is 4.79 Å². The number of hydrogen-bond donors (Lipinski definition) is 1. The Morgan fingerprint density at radius 1 is 1.43 bits per heavy atom. The number of likely N-dealkylation sites (tertiary alicyclic amines) is 1. The summed E-state index contributed by atoms with van der Waals surface area (Å²) in [7, 11) is 3.77. The van der Waals surface area contributed by atoms with Crippen molar-refractivity contribution in [3.05, 3.63) is 29.1 Å². The number of hydrogen-bond acceptors (Lipinski definition) is 6. The van der Waals surface area contributed by atoms with E-state index in [2.05, 4.69) is 20.3 Å². The molecular formula is C15H20N6OS. The minimum absolute atomic E-state index is 0.107. The summed E-state index contributed by atoms with van der Waals surface area (Å²) in [6.45, 7) is 1.46. The Balaban J connectivity index is 1.69. The van der Waals surface area contributed by atoms with Gasteiger partial charge >= 0.3 is 6.03 Å². The Morgan fingerprint density at radius 3 is 3.04 bits per heavy atom. The summed E-state index contributed by atoms with van der Waals surface area (Å²) in [5.74, 6) is 1.02. The van der Waals surface area contributed by atoms with Crippen molar-refractivity contribution in [2.24, 2.45) is 0 Å². The molecular weight excluding hydrogens is 312 g/mol. The first-order valence-corrected chi connectivity index (χ1v) is 8.45. The summed E-state index contributed by atoms with van der Waals surface area (Å²) in [5.41, 5.74) is 0.624. The molecule has 1 atom stereocenters. The Bertz CT molecular complexity index is 660. The normalized spacial score (nSPS) is 17.8. The summed E-state index contributed by atoms with van der Waals surface area (Å²) < 4.78 is 0. The van der Waals surface area contributed by atoms with E-state index in [4.69, 9.17) is 0 Å². The van der Waals surface area contributed by atoms with Gasteiger partial charge in [-0.15, -0.1) is 11.3 Å². The molecule has 1 N–H and O–H groups in total. The van der Waals surface area contributed by atoms with Crippen LogP contribution in [0, 0.1) is 0 Å². The molecule has 1 aliphatic heterocycles. The van der Waals surface area contributed by atoms with Gasteiger partial charge in [-0.3, -0.25) is 0 Å². The Labute approximate surface area is 139 Å². The molecule has 0 saturated carbocycles. The van der Waals surface area contributed by atoms with Gasteiger partial charge in [0.15, 0.2) is 5.82 Å². The van der Waals surface area contributed by atoms with Gasteiger partial charge in [0.2, 0.25) is 0 Å². The van der Waals surface area contributed by atoms with E-state index in [1.807, 2.05) is 35.5 Å². The highest BCUT2D eigenvalue weighted by molar-refractivity contribution is 7.09. The van der Waals surface area contributed by atoms with Crippen molar-refractivity contribution < 1.29 is 4.79 Å². The van der Waals surface area contributed by atoms with E-state index < -0.39 is 0 Å². The van der Waals surface area contributed by atoms with Crippen molar-refractivity contribution in [3.8, 4) is 0 Å². The van der Waals surface area contributed by atoms with Crippen LogP contribution in [-0.4, -0.2) is 53.1 Å². The van der Waals surface area contributed by atoms with Crippen molar-refractivity contribution in [3.63, 3.8) is 0 Å². The van der Waals surface area contributed by atoms with Crippen LogP contribution in [0.3, 0.4) is 0 Å². The highest BCUT2D eigenvalue weighted by atomic mass is 32.1. The van der Waals surface area contributed by atoms with Crippen LogP contribution in [0.25, 0.3) is 0 Å². The number of aromatic nitrogens is 3. The molecule has 1 aliphatic rings. The fourth-order valence-electron chi connectivity index (χ4n) is 2.76. The minimum Gasteiger partial charge on any atom is -0.361 e.